The fourth-order valence-corrected chi connectivity index (χ4v) is 5.41. The van der Waals surface area contributed by atoms with Crippen LogP contribution in [0.4, 0.5) is 0 Å². The monoisotopic (exact) mass is 476 g/mol. The van der Waals surface area contributed by atoms with Crippen molar-refractivity contribution in [2.75, 3.05) is 0 Å². The number of sulfonamides is 1. The first-order valence-electron chi connectivity index (χ1n) is 10.5. The van der Waals surface area contributed by atoms with E-state index in [9.17, 15) is 13.5 Å². The zero-order valence-corrected chi connectivity index (χ0v) is 19.6. The molecule has 0 atom stereocenters. The Morgan fingerprint density at radius 2 is 1.64 bits per heavy atom. The van der Waals surface area contributed by atoms with E-state index in [1.54, 1.807) is 35.7 Å². The molecule has 0 fully saturated rings. The van der Waals surface area contributed by atoms with E-state index in [1.165, 1.54) is 29.0 Å². The zero-order valence-electron chi connectivity index (χ0n) is 17.9. The summed E-state index contributed by atoms with van der Waals surface area (Å²) in [4.78, 5) is 4.75. The summed E-state index contributed by atoms with van der Waals surface area (Å²) in [5, 5.41) is 12.6. The minimum Gasteiger partial charge on any atom is -0.508 e. The number of hydrogen-bond donors (Lipinski definition) is 2. The summed E-state index contributed by atoms with van der Waals surface area (Å²) in [6, 6.07) is 23.9. The van der Waals surface area contributed by atoms with Crippen LogP contribution < -0.4 is 4.72 Å². The number of aryl methyl sites for hydroxylation is 2. The predicted octanol–water partition coefficient (Wildman–Crippen LogP) is 5.17. The quantitative estimate of drug-likeness (QED) is 0.349. The molecule has 1 aromatic heterocycles. The van der Waals surface area contributed by atoms with Gasteiger partial charge in [-0.15, -0.1) is 11.3 Å². The van der Waals surface area contributed by atoms with Crippen molar-refractivity contribution >= 4 is 27.1 Å². The van der Waals surface area contributed by atoms with E-state index < -0.39 is 10.0 Å². The first kappa shape index (κ1) is 22.8. The van der Waals surface area contributed by atoms with Crippen LogP contribution in [0.15, 0.2) is 95.7 Å². The van der Waals surface area contributed by atoms with Gasteiger partial charge in [0.05, 0.1) is 21.3 Å². The predicted molar refractivity (Wildman–Crippen MR) is 133 cm³/mol. The molecule has 4 aromatic rings. The van der Waals surface area contributed by atoms with E-state index in [-0.39, 0.29) is 16.3 Å². The molecule has 0 radical (unpaired) electrons. The molecular formula is C26H24N2O3S2. The fraction of sp³-hybridized carbons (Fsp3) is 0.115. The van der Waals surface area contributed by atoms with Crippen LogP contribution in [-0.4, -0.2) is 18.5 Å². The minimum absolute atomic E-state index is 0.171. The maximum atomic E-state index is 12.6. The van der Waals surface area contributed by atoms with Crippen molar-refractivity contribution in [3.05, 3.63) is 118 Å². The van der Waals surface area contributed by atoms with Crippen molar-refractivity contribution in [1.82, 2.24) is 9.71 Å². The summed E-state index contributed by atoms with van der Waals surface area (Å²) >= 11 is 1.44. The van der Waals surface area contributed by atoms with Gasteiger partial charge in [0.2, 0.25) is 0 Å². The Hall–Kier alpha value is -3.42. The number of thiazole rings is 1. The van der Waals surface area contributed by atoms with Gasteiger partial charge in [-0.1, -0.05) is 61.2 Å². The van der Waals surface area contributed by atoms with Gasteiger partial charge in [-0.05, 0) is 53.8 Å². The summed E-state index contributed by atoms with van der Waals surface area (Å²) in [5.74, 6) is 0.213. The number of benzene rings is 3. The summed E-state index contributed by atoms with van der Waals surface area (Å²) in [6.07, 6.45) is 2.29. The maximum absolute atomic E-state index is 12.6. The highest BCUT2D eigenvalue weighted by atomic mass is 32.2. The van der Waals surface area contributed by atoms with Crippen LogP contribution in [0, 0.1) is 0 Å². The Bertz CT molecular complexity index is 1350. The SMILES string of the molecule is C=C(NS(=O)(=O)c1ccccc1)c1csc(Cc2cc(O)ccc2CCc2ccccc2)n1. The van der Waals surface area contributed by atoms with Crippen LogP contribution in [-0.2, 0) is 29.3 Å². The van der Waals surface area contributed by atoms with Crippen LogP contribution in [0.2, 0.25) is 0 Å². The topological polar surface area (TPSA) is 79.3 Å². The van der Waals surface area contributed by atoms with Gasteiger partial charge in [-0.2, -0.15) is 0 Å². The van der Waals surface area contributed by atoms with Gasteiger partial charge in [0, 0.05) is 11.8 Å². The number of hydrogen-bond acceptors (Lipinski definition) is 5. The molecule has 2 N–H and O–H groups in total. The molecule has 168 valence electrons. The second-order valence-corrected chi connectivity index (χ2v) is 10.3. The molecular weight excluding hydrogens is 452 g/mol. The third-order valence-electron chi connectivity index (χ3n) is 5.23. The number of rotatable bonds is 9. The smallest absolute Gasteiger partial charge is 0.261 e. The number of nitrogens with one attached hydrogen (secondary N) is 1. The molecule has 0 aliphatic rings. The van der Waals surface area contributed by atoms with Crippen LogP contribution in [0.1, 0.15) is 27.4 Å². The Morgan fingerprint density at radius 1 is 0.939 bits per heavy atom. The fourth-order valence-electron chi connectivity index (χ4n) is 3.51. The number of nitrogens with zero attached hydrogens (tertiary/aromatic N) is 1. The summed E-state index contributed by atoms with van der Waals surface area (Å²) in [5.41, 5.74) is 4.12. The third-order valence-corrected chi connectivity index (χ3v) is 7.49. The highest BCUT2D eigenvalue weighted by Gasteiger charge is 2.17. The number of phenolic OH excluding ortho intramolecular Hbond substituents is 1. The average Bonchev–Trinajstić information content (AvgIpc) is 3.28. The molecule has 0 aliphatic heterocycles. The lowest BCUT2D eigenvalue weighted by atomic mass is 9.98. The van der Waals surface area contributed by atoms with Gasteiger partial charge in [0.25, 0.3) is 10.0 Å². The van der Waals surface area contributed by atoms with Crippen molar-refractivity contribution in [3.63, 3.8) is 0 Å². The summed E-state index contributed by atoms with van der Waals surface area (Å²) < 4.78 is 27.6. The van der Waals surface area contributed by atoms with Gasteiger partial charge in [-0.25, -0.2) is 13.4 Å². The Kier molecular flexibility index (Phi) is 6.91. The second-order valence-electron chi connectivity index (χ2n) is 7.64. The van der Waals surface area contributed by atoms with E-state index in [2.05, 4.69) is 28.4 Å². The van der Waals surface area contributed by atoms with E-state index in [0.29, 0.717) is 12.1 Å². The Labute approximate surface area is 198 Å². The van der Waals surface area contributed by atoms with Gasteiger partial charge in [-0.3, -0.25) is 4.72 Å². The molecule has 5 nitrogen and oxygen atoms in total. The van der Waals surface area contributed by atoms with Crippen molar-refractivity contribution < 1.29 is 13.5 Å². The molecule has 1 heterocycles. The van der Waals surface area contributed by atoms with Crippen LogP contribution >= 0.6 is 11.3 Å². The van der Waals surface area contributed by atoms with Crippen LogP contribution in [0.3, 0.4) is 0 Å². The molecule has 0 unspecified atom stereocenters. The average molecular weight is 477 g/mol. The van der Waals surface area contributed by atoms with Gasteiger partial charge < -0.3 is 5.11 Å². The van der Waals surface area contributed by atoms with Crippen LogP contribution in [0.5, 0.6) is 5.75 Å². The Balaban J connectivity index is 1.47. The number of aromatic nitrogens is 1. The Morgan fingerprint density at radius 3 is 2.36 bits per heavy atom. The standard InChI is InChI=1S/C26H24N2O3S2/c1-19(28-33(30,31)24-10-6-3-7-11-24)25-18-32-26(27-25)17-22-16-23(29)15-14-21(22)13-12-20-8-4-2-5-9-20/h2-11,14-16,18,28-29H,1,12-13,17H2. The maximum Gasteiger partial charge on any atom is 0.261 e. The molecule has 0 amide bonds. The lowest BCUT2D eigenvalue weighted by Gasteiger charge is -2.10. The largest absolute Gasteiger partial charge is 0.508 e. The molecule has 0 saturated heterocycles. The molecule has 4 rings (SSSR count). The van der Waals surface area contributed by atoms with E-state index in [0.717, 1.165) is 29.0 Å². The first-order valence-corrected chi connectivity index (χ1v) is 12.8. The third kappa shape index (κ3) is 5.88. The summed E-state index contributed by atoms with van der Waals surface area (Å²) in [6.45, 7) is 3.86. The molecule has 0 bridgehead atoms. The molecule has 0 spiro atoms. The van der Waals surface area contributed by atoms with Crippen LogP contribution in [0.25, 0.3) is 5.70 Å². The zero-order chi connectivity index (χ0) is 23.3. The highest BCUT2D eigenvalue weighted by molar-refractivity contribution is 7.89. The van der Waals surface area contributed by atoms with Crippen molar-refractivity contribution in [3.8, 4) is 5.75 Å². The lowest BCUT2D eigenvalue weighted by molar-refractivity contribution is 0.474. The van der Waals surface area contributed by atoms with E-state index in [1.807, 2.05) is 24.3 Å². The van der Waals surface area contributed by atoms with Gasteiger partial charge in [0.15, 0.2) is 0 Å². The molecule has 33 heavy (non-hydrogen) atoms. The summed E-state index contributed by atoms with van der Waals surface area (Å²) in [7, 11) is -3.72. The molecule has 3 aromatic carbocycles. The van der Waals surface area contributed by atoms with E-state index >= 15 is 0 Å². The highest BCUT2D eigenvalue weighted by Crippen LogP contribution is 2.25. The number of aromatic hydroxyl groups is 1. The minimum atomic E-state index is -3.72. The number of phenols is 1. The molecule has 7 heteroatoms. The molecule has 0 aliphatic carbocycles. The molecule has 0 saturated carbocycles. The van der Waals surface area contributed by atoms with Crippen molar-refractivity contribution in [1.29, 1.82) is 0 Å². The van der Waals surface area contributed by atoms with E-state index in [4.69, 9.17) is 0 Å². The van der Waals surface area contributed by atoms with Crippen molar-refractivity contribution in [2.24, 2.45) is 0 Å². The normalized spacial score (nSPS) is 11.3. The van der Waals surface area contributed by atoms with Gasteiger partial charge >= 0.3 is 0 Å². The van der Waals surface area contributed by atoms with Gasteiger partial charge in [0.1, 0.15) is 5.75 Å². The lowest BCUT2D eigenvalue weighted by Crippen LogP contribution is -2.22. The second kappa shape index (κ2) is 10.0. The van der Waals surface area contributed by atoms with Crippen molar-refractivity contribution in [2.45, 2.75) is 24.2 Å². The first-order chi connectivity index (χ1) is 15.9.